The molecule has 114 valence electrons. The second-order valence-corrected chi connectivity index (χ2v) is 6.60. The molecule has 0 amide bonds. The third-order valence-corrected chi connectivity index (χ3v) is 4.88. The van der Waals surface area contributed by atoms with Gasteiger partial charge in [0.15, 0.2) is 0 Å². The van der Waals surface area contributed by atoms with Crippen LogP contribution in [-0.4, -0.2) is 54.1 Å². The Labute approximate surface area is 127 Å². The van der Waals surface area contributed by atoms with Gasteiger partial charge in [-0.3, -0.25) is 4.90 Å². The maximum Gasteiger partial charge on any atom is 0.107 e. The molecular formula is C15H28N4S. The molecule has 0 saturated carbocycles. The van der Waals surface area contributed by atoms with Gasteiger partial charge in [-0.25, -0.2) is 4.98 Å². The van der Waals surface area contributed by atoms with Crippen LogP contribution < -0.4 is 5.32 Å². The van der Waals surface area contributed by atoms with Crippen molar-refractivity contribution in [3.63, 3.8) is 0 Å². The van der Waals surface area contributed by atoms with Crippen molar-refractivity contribution >= 4 is 11.3 Å². The molecular weight excluding hydrogens is 268 g/mol. The molecule has 1 aliphatic rings. The van der Waals surface area contributed by atoms with Crippen molar-refractivity contribution in [3.05, 3.63) is 16.1 Å². The predicted molar refractivity (Wildman–Crippen MR) is 86.1 cm³/mol. The summed E-state index contributed by atoms with van der Waals surface area (Å²) in [5, 5.41) is 6.79. The van der Waals surface area contributed by atoms with E-state index in [1.807, 2.05) is 0 Å². The highest BCUT2D eigenvalue weighted by Crippen LogP contribution is 2.17. The fourth-order valence-electron chi connectivity index (χ4n) is 2.83. The lowest BCUT2D eigenvalue weighted by Crippen LogP contribution is -2.39. The molecule has 1 unspecified atom stereocenters. The minimum Gasteiger partial charge on any atom is -0.311 e. The van der Waals surface area contributed by atoms with Crippen LogP contribution in [0.5, 0.6) is 0 Å². The zero-order valence-corrected chi connectivity index (χ0v) is 13.9. The number of nitrogens with one attached hydrogen (secondary N) is 1. The number of likely N-dealkylation sites (N-methyl/N-ethyl adjacent to an activating group) is 1. The summed E-state index contributed by atoms with van der Waals surface area (Å²) < 4.78 is 0. The van der Waals surface area contributed by atoms with Gasteiger partial charge in [-0.2, -0.15) is 0 Å². The molecule has 2 heterocycles. The number of thiazole rings is 1. The molecule has 0 bridgehead atoms. The highest BCUT2D eigenvalue weighted by molar-refractivity contribution is 7.09. The van der Waals surface area contributed by atoms with E-state index in [9.17, 15) is 0 Å². The SMILES string of the molecule is CCNCc1nc(CN2CCCN(C)CC2CC)cs1. The largest absolute Gasteiger partial charge is 0.311 e. The van der Waals surface area contributed by atoms with Gasteiger partial charge in [-0.1, -0.05) is 13.8 Å². The van der Waals surface area contributed by atoms with Gasteiger partial charge < -0.3 is 10.2 Å². The van der Waals surface area contributed by atoms with E-state index in [1.54, 1.807) is 11.3 Å². The molecule has 0 spiro atoms. The van der Waals surface area contributed by atoms with Crippen LogP contribution in [0, 0.1) is 0 Å². The maximum absolute atomic E-state index is 4.76. The van der Waals surface area contributed by atoms with E-state index >= 15 is 0 Å². The van der Waals surface area contributed by atoms with E-state index in [2.05, 4.69) is 41.4 Å². The highest BCUT2D eigenvalue weighted by Gasteiger charge is 2.22. The Kier molecular flexibility index (Phi) is 6.42. The van der Waals surface area contributed by atoms with Crippen LogP contribution in [0.3, 0.4) is 0 Å². The van der Waals surface area contributed by atoms with Gasteiger partial charge in [0.05, 0.1) is 5.69 Å². The van der Waals surface area contributed by atoms with E-state index < -0.39 is 0 Å². The molecule has 1 aliphatic heterocycles. The van der Waals surface area contributed by atoms with Gasteiger partial charge in [0.25, 0.3) is 0 Å². The first-order valence-corrected chi connectivity index (χ1v) is 8.67. The average Bonchev–Trinajstić information content (AvgIpc) is 2.81. The Bertz CT molecular complexity index is 393. The lowest BCUT2D eigenvalue weighted by atomic mass is 10.2. The smallest absolute Gasteiger partial charge is 0.107 e. The molecule has 1 fully saturated rings. The van der Waals surface area contributed by atoms with E-state index in [4.69, 9.17) is 4.98 Å². The second-order valence-electron chi connectivity index (χ2n) is 5.66. The quantitative estimate of drug-likeness (QED) is 0.872. The molecule has 1 atom stereocenters. The van der Waals surface area contributed by atoms with Crippen molar-refractivity contribution in [2.24, 2.45) is 0 Å². The molecule has 1 N–H and O–H groups in total. The highest BCUT2D eigenvalue weighted by atomic mass is 32.1. The Balaban J connectivity index is 1.94. The number of nitrogens with zero attached hydrogens (tertiary/aromatic N) is 3. The normalized spacial score (nSPS) is 22.1. The fourth-order valence-corrected chi connectivity index (χ4v) is 3.59. The number of rotatable bonds is 6. The zero-order chi connectivity index (χ0) is 14.4. The van der Waals surface area contributed by atoms with Gasteiger partial charge in [0.2, 0.25) is 0 Å². The monoisotopic (exact) mass is 296 g/mol. The summed E-state index contributed by atoms with van der Waals surface area (Å²) in [5.41, 5.74) is 1.24. The van der Waals surface area contributed by atoms with Crippen LogP contribution in [0.15, 0.2) is 5.38 Å². The zero-order valence-electron chi connectivity index (χ0n) is 13.1. The van der Waals surface area contributed by atoms with E-state index in [-0.39, 0.29) is 0 Å². The molecule has 4 nitrogen and oxygen atoms in total. The molecule has 1 saturated heterocycles. The molecule has 1 aromatic rings. The third kappa shape index (κ3) is 4.52. The minimum absolute atomic E-state index is 0.668. The van der Waals surface area contributed by atoms with Crippen molar-refractivity contribution in [2.45, 2.75) is 45.8 Å². The summed E-state index contributed by atoms with van der Waals surface area (Å²) in [6, 6.07) is 0.668. The first-order valence-electron chi connectivity index (χ1n) is 7.79. The van der Waals surface area contributed by atoms with E-state index in [0.29, 0.717) is 6.04 Å². The minimum atomic E-state index is 0.668. The Hall–Kier alpha value is -0.490. The Morgan fingerprint density at radius 3 is 3.00 bits per heavy atom. The summed E-state index contributed by atoms with van der Waals surface area (Å²) >= 11 is 1.78. The van der Waals surface area contributed by atoms with Gasteiger partial charge in [-0.05, 0) is 33.0 Å². The van der Waals surface area contributed by atoms with Gasteiger partial charge >= 0.3 is 0 Å². The van der Waals surface area contributed by atoms with Gasteiger partial charge in [0.1, 0.15) is 5.01 Å². The lowest BCUT2D eigenvalue weighted by Gasteiger charge is -2.29. The summed E-state index contributed by atoms with van der Waals surface area (Å²) in [5.74, 6) is 0. The summed E-state index contributed by atoms with van der Waals surface area (Å²) in [6.07, 6.45) is 2.49. The van der Waals surface area contributed by atoms with Crippen molar-refractivity contribution in [2.75, 3.05) is 33.2 Å². The van der Waals surface area contributed by atoms with Crippen LogP contribution in [-0.2, 0) is 13.1 Å². The standard InChI is InChI=1S/C15H28N4S/c1-4-14-11-18(3)7-6-8-19(14)10-13-12-20-15(17-13)9-16-5-2/h12,14,16H,4-11H2,1-3H3. The topological polar surface area (TPSA) is 31.4 Å². The van der Waals surface area contributed by atoms with Crippen LogP contribution in [0.4, 0.5) is 0 Å². The van der Waals surface area contributed by atoms with Crippen LogP contribution >= 0.6 is 11.3 Å². The van der Waals surface area contributed by atoms with Crippen molar-refractivity contribution in [1.29, 1.82) is 0 Å². The van der Waals surface area contributed by atoms with Crippen molar-refractivity contribution in [1.82, 2.24) is 20.1 Å². The summed E-state index contributed by atoms with van der Waals surface area (Å²) in [4.78, 5) is 9.85. The van der Waals surface area contributed by atoms with Crippen molar-refractivity contribution in [3.8, 4) is 0 Å². The number of hydrogen-bond acceptors (Lipinski definition) is 5. The molecule has 1 aromatic heterocycles. The average molecular weight is 296 g/mol. The maximum atomic E-state index is 4.76. The third-order valence-electron chi connectivity index (χ3n) is 3.99. The molecule has 0 aliphatic carbocycles. The molecule has 2 rings (SSSR count). The van der Waals surface area contributed by atoms with Crippen LogP contribution in [0.25, 0.3) is 0 Å². The first kappa shape index (κ1) is 15.9. The van der Waals surface area contributed by atoms with E-state index in [0.717, 1.165) is 19.6 Å². The Morgan fingerprint density at radius 2 is 2.25 bits per heavy atom. The van der Waals surface area contributed by atoms with Gasteiger partial charge in [-0.15, -0.1) is 11.3 Å². The summed E-state index contributed by atoms with van der Waals surface area (Å²) in [6.45, 7) is 11.0. The molecule has 0 aromatic carbocycles. The first-order chi connectivity index (χ1) is 9.72. The molecule has 20 heavy (non-hydrogen) atoms. The summed E-state index contributed by atoms with van der Waals surface area (Å²) in [7, 11) is 2.24. The van der Waals surface area contributed by atoms with E-state index in [1.165, 1.54) is 43.2 Å². The molecule has 0 radical (unpaired) electrons. The number of hydrogen-bond donors (Lipinski definition) is 1. The second kappa shape index (κ2) is 8.08. The van der Waals surface area contributed by atoms with Crippen molar-refractivity contribution < 1.29 is 0 Å². The lowest BCUT2D eigenvalue weighted by molar-refractivity contribution is 0.174. The molecule has 5 heteroatoms. The predicted octanol–water partition coefficient (Wildman–Crippen LogP) is 2.17. The van der Waals surface area contributed by atoms with Crippen LogP contribution in [0.2, 0.25) is 0 Å². The number of aromatic nitrogens is 1. The Morgan fingerprint density at radius 1 is 1.40 bits per heavy atom. The van der Waals surface area contributed by atoms with Gasteiger partial charge in [0, 0.05) is 37.6 Å². The van der Waals surface area contributed by atoms with Crippen LogP contribution in [0.1, 0.15) is 37.4 Å². The fraction of sp³-hybridized carbons (Fsp3) is 0.800.